The number of esters is 1. The molecule has 0 unspecified atom stereocenters. The Kier molecular flexibility index (Phi) is 4.19. The second-order valence-electron chi connectivity index (χ2n) is 5.54. The zero-order chi connectivity index (χ0) is 18.4. The van der Waals surface area contributed by atoms with Crippen LogP contribution in [0.15, 0.2) is 41.2 Å². The second-order valence-corrected chi connectivity index (χ2v) is 7.37. The van der Waals surface area contributed by atoms with Crippen LogP contribution in [0, 0.1) is 0 Å². The molecule has 0 fully saturated rings. The van der Waals surface area contributed by atoms with Gasteiger partial charge in [-0.2, -0.15) is 0 Å². The lowest BCUT2D eigenvalue weighted by Crippen LogP contribution is -2.22. The molecule has 0 bridgehead atoms. The van der Waals surface area contributed by atoms with Crippen molar-refractivity contribution < 1.29 is 9.53 Å². The van der Waals surface area contributed by atoms with Gasteiger partial charge in [-0.05, 0) is 35.9 Å². The third kappa shape index (κ3) is 2.86. The van der Waals surface area contributed by atoms with E-state index in [0.29, 0.717) is 15.1 Å². The summed E-state index contributed by atoms with van der Waals surface area (Å²) in [5.74, 6) is -0.411. The first-order valence-electron chi connectivity index (χ1n) is 7.53. The molecule has 0 atom stereocenters. The lowest BCUT2D eigenvalue weighted by molar-refractivity contribution is -0.131. The van der Waals surface area contributed by atoms with E-state index in [-0.39, 0.29) is 21.4 Å². The molecule has 0 radical (unpaired) electrons. The smallest absolute Gasteiger partial charge is 0.308 e. The predicted octanol–water partition coefficient (Wildman–Crippen LogP) is 3.69. The number of aromatic nitrogens is 2. The van der Waals surface area contributed by atoms with Crippen LogP contribution >= 0.6 is 34.5 Å². The fraction of sp³-hybridized carbons (Fsp3) is 0.0556. The zero-order valence-electron chi connectivity index (χ0n) is 13.3. The summed E-state index contributed by atoms with van der Waals surface area (Å²) < 4.78 is 7.09. The third-order valence-electron chi connectivity index (χ3n) is 3.71. The number of halogens is 2. The zero-order valence-corrected chi connectivity index (χ0v) is 15.7. The van der Waals surface area contributed by atoms with E-state index in [4.69, 9.17) is 27.9 Å². The van der Waals surface area contributed by atoms with Crippen molar-refractivity contribution >= 4 is 62.6 Å². The van der Waals surface area contributed by atoms with Crippen LogP contribution in [-0.2, 0) is 4.79 Å². The molecule has 0 N–H and O–H groups in total. The molecular formula is C18H10Cl2N2O3S. The monoisotopic (exact) mass is 404 g/mol. The van der Waals surface area contributed by atoms with E-state index in [1.165, 1.54) is 18.3 Å². The Hall–Kier alpha value is -2.41. The summed E-state index contributed by atoms with van der Waals surface area (Å²) in [6.07, 6.45) is 1.69. The van der Waals surface area contributed by atoms with Gasteiger partial charge < -0.3 is 4.74 Å². The topological polar surface area (TPSA) is 60.7 Å². The Morgan fingerprint density at radius 3 is 2.62 bits per heavy atom. The van der Waals surface area contributed by atoms with Crippen LogP contribution in [0.25, 0.3) is 22.1 Å². The highest BCUT2D eigenvalue weighted by molar-refractivity contribution is 7.15. The minimum Gasteiger partial charge on any atom is -0.424 e. The maximum atomic E-state index is 12.8. The van der Waals surface area contributed by atoms with Crippen LogP contribution in [0.2, 0.25) is 10.0 Å². The molecule has 4 rings (SSSR count). The summed E-state index contributed by atoms with van der Waals surface area (Å²) in [4.78, 5) is 29.0. The van der Waals surface area contributed by atoms with E-state index < -0.39 is 5.97 Å². The molecule has 0 aliphatic rings. The van der Waals surface area contributed by atoms with E-state index in [2.05, 4.69) is 4.98 Å². The number of carbonyl (C=O) groups is 1. The van der Waals surface area contributed by atoms with Crippen molar-refractivity contribution in [2.24, 2.45) is 0 Å². The van der Waals surface area contributed by atoms with Gasteiger partial charge in [0.15, 0.2) is 10.7 Å². The van der Waals surface area contributed by atoms with Crippen LogP contribution in [0.5, 0.6) is 5.75 Å². The Balaban J connectivity index is 1.88. The first-order valence-corrected chi connectivity index (χ1v) is 9.10. The minimum atomic E-state index is -0.515. The number of benzene rings is 2. The average Bonchev–Trinajstić information content (AvgIpc) is 3.08. The van der Waals surface area contributed by atoms with Gasteiger partial charge in [0.25, 0.3) is 5.56 Å². The summed E-state index contributed by atoms with van der Waals surface area (Å²) in [5.41, 5.74) is 2.01. The van der Waals surface area contributed by atoms with Crippen LogP contribution in [0.1, 0.15) is 12.5 Å². The highest BCUT2D eigenvalue weighted by atomic mass is 35.5. The summed E-state index contributed by atoms with van der Waals surface area (Å²) in [6, 6.07) is 10.6. The Bertz CT molecular complexity index is 1270. The number of nitrogens with zero attached hydrogens (tertiary/aromatic N) is 2. The van der Waals surface area contributed by atoms with Crippen LogP contribution in [0.3, 0.4) is 0 Å². The lowest BCUT2D eigenvalue weighted by Gasteiger charge is -2.07. The number of imidazole rings is 1. The van der Waals surface area contributed by atoms with E-state index in [0.717, 1.165) is 11.0 Å². The number of ether oxygens (including phenoxy) is 1. The van der Waals surface area contributed by atoms with Crippen molar-refractivity contribution in [2.75, 3.05) is 0 Å². The quantitative estimate of drug-likeness (QED) is 0.377. The van der Waals surface area contributed by atoms with Crippen molar-refractivity contribution in [3.63, 3.8) is 0 Å². The Morgan fingerprint density at radius 2 is 1.92 bits per heavy atom. The van der Waals surface area contributed by atoms with Crippen molar-refractivity contribution in [1.82, 2.24) is 9.38 Å². The standard InChI is InChI=1S/C18H10Cl2N2O3S/c1-9(23)25-16-11(19)6-10(7-12(16)20)8-15-17(24)22-14-5-3-2-4-13(14)21-18(22)26-15/h2-8H,1H3. The Labute approximate surface area is 161 Å². The molecule has 2 aromatic carbocycles. The van der Waals surface area contributed by atoms with Gasteiger partial charge in [0.1, 0.15) is 0 Å². The number of carbonyl (C=O) groups excluding carboxylic acids is 1. The summed E-state index contributed by atoms with van der Waals surface area (Å²) >= 11 is 13.6. The average molecular weight is 405 g/mol. The van der Waals surface area contributed by atoms with Gasteiger partial charge >= 0.3 is 5.97 Å². The third-order valence-corrected chi connectivity index (χ3v) is 5.24. The normalized spacial score (nSPS) is 12.2. The van der Waals surface area contributed by atoms with Gasteiger partial charge in [-0.25, -0.2) is 9.38 Å². The molecule has 2 heterocycles. The minimum absolute atomic E-state index is 0.104. The fourth-order valence-corrected chi connectivity index (χ4v) is 4.24. The van der Waals surface area contributed by atoms with Gasteiger partial charge in [0.2, 0.25) is 0 Å². The van der Waals surface area contributed by atoms with Gasteiger partial charge in [0.05, 0.1) is 25.6 Å². The maximum absolute atomic E-state index is 12.8. The molecule has 0 aliphatic heterocycles. The van der Waals surface area contributed by atoms with E-state index in [9.17, 15) is 9.59 Å². The number of fused-ring (bicyclic) bond motifs is 3. The maximum Gasteiger partial charge on any atom is 0.308 e. The van der Waals surface area contributed by atoms with E-state index in [1.807, 2.05) is 24.3 Å². The number of thiazole rings is 1. The fourth-order valence-electron chi connectivity index (χ4n) is 2.67. The summed E-state index contributed by atoms with van der Waals surface area (Å²) in [5, 5.41) is 0.386. The van der Waals surface area contributed by atoms with Crippen LogP contribution in [0.4, 0.5) is 0 Å². The first-order chi connectivity index (χ1) is 12.4. The highest BCUT2D eigenvalue weighted by Gasteiger charge is 2.13. The van der Waals surface area contributed by atoms with Crippen LogP contribution in [-0.4, -0.2) is 15.4 Å². The van der Waals surface area contributed by atoms with Gasteiger partial charge in [-0.3, -0.25) is 9.59 Å². The molecule has 5 nitrogen and oxygen atoms in total. The molecule has 2 aromatic heterocycles. The Morgan fingerprint density at radius 1 is 1.23 bits per heavy atom. The molecule has 0 saturated carbocycles. The number of hydrogen-bond acceptors (Lipinski definition) is 5. The van der Waals surface area contributed by atoms with Crippen LogP contribution < -0.4 is 14.8 Å². The predicted molar refractivity (Wildman–Crippen MR) is 103 cm³/mol. The SMILES string of the molecule is CC(=O)Oc1c(Cl)cc(C=c2sc3nc4ccccc4n3c2=O)cc1Cl. The van der Waals surface area contributed by atoms with E-state index in [1.54, 1.807) is 22.6 Å². The lowest BCUT2D eigenvalue weighted by atomic mass is 10.2. The largest absolute Gasteiger partial charge is 0.424 e. The molecule has 0 saturated heterocycles. The highest BCUT2D eigenvalue weighted by Crippen LogP contribution is 2.34. The molecule has 0 aliphatic carbocycles. The number of rotatable bonds is 2. The number of hydrogen-bond donors (Lipinski definition) is 0. The van der Waals surface area contributed by atoms with Gasteiger partial charge in [0, 0.05) is 6.92 Å². The van der Waals surface area contributed by atoms with Crippen molar-refractivity contribution in [2.45, 2.75) is 6.92 Å². The van der Waals surface area contributed by atoms with Gasteiger partial charge in [-0.15, -0.1) is 0 Å². The molecule has 130 valence electrons. The van der Waals surface area contributed by atoms with E-state index >= 15 is 0 Å². The van der Waals surface area contributed by atoms with Crippen molar-refractivity contribution in [3.05, 3.63) is 66.9 Å². The molecule has 26 heavy (non-hydrogen) atoms. The van der Waals surface area contributed by atoms with Crippen molar-refractivity contribution in [1.29, 1.82) is 0 Å². The summed E-state index contributed by atoms with van der Waals surface area (Å²) in [6.45, 7) is 1.27. The summed E-state index contributed by atoms with van der Waals surface area (Å²) in [7, 11) is 0. The second kappa shape index (κ2) is 6.39. The molecule has 4 aromatic rings. The first kappa shape index (κ1) is 17.0. The molecule has 0 spiro atoms. The van der Waals surface area contributed by atoms with Crippen molar-refractivity contribution in [3.8, 4) is 5.75 Å². The molecule has 8 heteroatoms. The van der Waals surface area contributed by atoms with Gasteiger partial charge in [-0.1, -0.05) is 46.7 Å². The molecular weight excluding hydrogens is 395 g/mol. The number of para-hydroxylation sites is 2. The molecule has 0 amide bonds.